The number of aliphatic hydroxyl groups excluding tert-OH is 1. The van der Waals surface area contributed by atoms with Crippen LogP contribution in [-0.2, 0) is 31.4 Å². The Kier molecular flexibility index (Phi) is 8.08. The van der Waals surface area contributed by atoms with Crippen molar-refractivity contribution in [1.29, 1.82) is 0 Å². The summed E-state index contributed by atoms with van der Waals surface area (Å²) in [4.78, 5) is 13.7. The Morgan fingerprint density at radius 3 is 2.22 bits per heavy atom. The highest BCUT2D eigenvalue weighted by molar-refractivity contribution is 7.92. The van der Waals surface area contributed by atoms with E-state index in [1.54, 1.807) is 34.5 Å². The highest BCUT2D eigenvalue weighted by Gasteiger charge is 2.28. The minimum absolute atomic E-state index is 0.0171. The molecular weight excluding hydrogens is 587 g/mol. The fraction of sp³-hybridized carbons (Fsp3) is 0.250. The highest BCUT2D eigenvalue weighted by atomic mass is 32.2. The van der Waals surface area contributed by atoms with Crippen LogP contribution in [0.5, 0.6) is 5.75 Å². The lowest BCUT2D eigenvalue weighted by Gasteiger charge is -2.24. The Hall–Kier alpha value is -3.49. The molecule has 41 heavy (non-hydrogen) atoms. The monoisotopic (exact) mass is 615 g/mol. The molecule has 0 radical (unpaired) electrons. The van der Waals surface area contributed by atoms with E-state index >= 15 is 0 Å². The molecule has 0 atom stereocenters. The van der Waals surface area contributed by atoms with Crippen LogP contribution in [0, 0.1) is 0 Å². The van der Waals surface area contributed by atoms with Crippen LogP contribution in [0.4, 0.5) is 11.4 Å². The average Bonchev–Trinajstić information content (AvgIpc) is 3.62. The molecule has 1 saturated heterocycles. The number of ether oxygens (including phenoxy) is 1. The number of rotatable bonds is 10. The first kappa shape index (κ1) is 29.0. The molecule has 0 bridgehead atoms. The molecular formula is C28H29N3O7S3. The predicted octanol–water partition coefficient (Wildman–Crippen LogP) is 4.00. The van der Waals surface area contributed by atoms with Crippen LogP contribution in [-0.4, -0.2) is 59.6 Å². The van der Waals surface area contributed by atoms with Crippen molar-refractivity contribution in [3.05, 3.63) is 77.7 Å². The summed E-state index contributed by atoms with van der Waals surface area (Å²) in [6.45, 7) is -0.252. The van der Waals surface area contributed by atoms with Crippen LogP contribution < -0.4 is 13.9 Å². The summed E-state index contributed by atoms with van der Waals surface area (Å²) < 4.78 is 61.9. The Bertz CT molecular complexity index is 1790. The van der Waals surface area contributed by atoms with E-state index in [9.17, 15) is 26.7 Å². The zero-order chi connectivity index (χ0) is 29.4. The van der Waals surface area contributed by atoms with Crippen LogP contribution in [0.3, 0.4) is 0 Å². The molecule has 1 amide bonds. The second kappa shape index (κ2) is 11.4. The van der Waals surface area contributed by atoms with Crippen LogP contribution in [0.1, 0.15) is 18.4 Å². The number of anilines is 2. The van der Waals surface area contributed by atoms with Gasteiger partial charge in [-0.25, -0.2) is 21.1 Å². The van der Waals surface area contributed by atoms with E-state index in [1.807, 2.05) is 6.07 Å². The third-order valence-electron chi connectivity index (χ3n) is 6.99. The number of benzene rings is 3. The Morgan fingerprint density at radius 1 is 0.951 bits per heavy atom. The number of thiophene rings is 1. The summed E-state index contributed by atoms with van der Waals surface area (Å²) in [5.74, 6) is 0.508. The number of aliphatic hydroxyl groups is 1. The fourth-order valence-corrected chi connectivity index (χ4v) is 8.13. The lowest BCUT2D eigenvalue weighted by Crippen LogP contribution is -2.32. The molecule has 13 heteroatoms. The summed E-state index contributed by atoms with van der Waals surface area (Å²) in [7, 11) is -5.14. The molecule has 1 aliphatic heterocycles. The molecule has 0 spiro atoms. The number of amides is 1. The van der Waals surface area contributed by atoms with Crippen molar-refractivity contribution in [2.75, 3.05) is 36.6 Å². The van der Waals surface area contributed by atoms with Crippen LogP contribution in [0.25, 0.3) is 10.1 Å². The maximum atomic E-state index is 13.5. The first-order valence-corrected chi connectivity index (χ1v) is 16.5. The van der Waals surface area contributed by atoms with E-state index in [2.05, 4.69) is 0 Å². The molecule has 0 aliphatic carbocycles. The van der Waals surface area contributed by atoms with Crippen LogP contribution in [0.15, 0.2) is 81.9 Å². The van der Waals surface area contributed by atoms with E-state index in [1.165, 1.54) is 66.2 Å². The summed E-state index contributed by atoms with van der Waals surface area (Å²) in [6, 6.07) is 17.2. The lowest BCUT2D eigenvalue weighted by atomic mass is 10.1. The maximum Gasteiger partial charge on any atom is 0.266 e. The third-order valence-corrected chi connectivity index (χ3v) is 11.4. The summed E-state index contributed by atoms with van der Waals surface area (Å²) in [5.41, 5.74) is 1.44. The Morgan fingerprint density at radius 2 is 1.61 bits per heavy atom. The largest absolute Gasteiger partial charge is 0.497 e. The minimum atomic E-state index is -4.16. The molecule has 0 unspecified atom stereocenters. The van der Waals surface area contributed by atoms with Gasteiger partial charge in [0.1, 0.15) is 12.5 Å². The average molecular weight is 616 g/mol. The maximum absolute atomic E-state index is 13.5. The van der Waals surface area contributed by atoms with Gasteiger partial charge >= 0.3 is 0 Å². The number of methoxy groups -OCH3 is 1. The molecule has 1 aliphatic rings. The SMILES string of the molecule is COc1ccc(S(=O)(=O)N(CO)c2cc(CN(C)S(=O)(=O)c3ccc(N4CCCC4=O)cc3)cc3sccc23)cc1. The minimum Gasteiger partial charge on any atom is -0.497 e. The second-order valence-corrected chi connectivity index (χ2v) is 14.4. The van der Waals surface area contributed by atoms with Crippen molar-refractivity contribution >= 4 is 58.8 Å². The molecule has 5 rings (SSSR count). The van der Waals surface area contributed by atoms with Gasteiger partial charge in [-0.2, -0.15) is 4.31 Å². The molecule has 4 aromatic rings. The molecule has 10 nitrogen and oxygen atoms in total. The van der Waals surface area contributed by atoms with Gasteiger partial charge in [-0.3, -0.25) is 4.79 Å². The number of sulfonamides is 2. The van der Waals surface area contributed by atoms with Crippen LogP contribution >= 0.6 is 11.3 Å². The first-order chi connectivity index (χ1) is 19.6. The summed E-state index contributed by atoms with van der Waals surface area (Å²) >= 11 is 1.38. The lowest BCUT2D eigenvalue weighted by molar-refractivity contribution is -0.117. The van der Waals surface area contributed by atoms with E-state index in [0.29, 0.717) is 35.4 Å². The summed E-state index contributed by atoms with van der Waals surface area (Å²) in [5, 5.41) is 12.7. The highest BCUT2D eigenvalue weighted by Crippen LogP contribution is 2.36. The number of hydrogen-bond acceptors (Lipinski definition) is 8. The Balaban J connectivity index is 1.45. The molecule has 1 N–H and O–H groups in total. The van der Waals surface area contributed by atoms with Gasteiger partial charge in [0.05, 0.1) is 22.6 Å². The number of fused-ring (bicyclic) bond motifs is 1. The number of hydrogen-bond donors (Lipinski definition) is 1. The van der Waals surface area contributed by atoms with Gasteiger partial charge in [-0.05, 0) is 84.1 Å². The fourth-order valence-electron chi connectivity index (χ4n) is 4.80. The molecule has 0 saturated carbocycles. The smallest absolute Gasteiger partial charge is 0.266 e. The molecule has 3 aromatic carbocycles. The van der Waals surface area contributed by atoms with Crippen molar-refractivity contribution in [3.63, 3.8) is 0 Å². The van der Waals surface area contributed by atoms with E-state index in [0.717, 1.165) is 15.4 Å². The van der Waals surface area contributed by atoms with Crippen molar-refractivity contribution in [2.45, 2.75) is 29.2 Å². The van der Waals surface area contributed by atoms with Gasteiger partial charge in [0.25, 0.3) is 10.0 Å². The molecule has 1 fully saturated rings. The number of nitrogens with zero attached hydrogens (tertiary/aromatic N) is 3. The van der Waals surface area contributed by atoms with Crippen molar-refractivity contribution in [3.8, 4) is 5.75 Å². The van der Waals surface area contributed by atoms with Gasteiger partial charge in [0, 0.05) is 42.3 Å². The predicted molar refractivity (Wildman–Crippen MR) is 158 cm³/mol. The van der Waals surface area contributed by atoms with Gasteiger partial charge < -0.3 is 14.7 Å². The standard InChI is InChI=1S/C28H29N3O7S3/c1-29(40(34,35)23-9-5-21(6-10-23)30-14-3-4-28(30)33)18-20-16-26(25-13-15-39-27(25)17-20)31(19-32)41(36,37)24-11-7-22(38-2)8-12-24/h5-13,15-17,32H,3-4,14,18-19H2,1-2H3. The molecule has 2 heterocycles. The van der Waals surface area contributed by atoms with Crippen LogP contribution in [0.2, 0.25) is 0 Å². The van der Waals surface area contributed by atoms with Gasteiger partial charge in [0.2, 0.25) is 15.9 Å². The zero-order valence-corrected chi connectivity index (χ0v) is 24.9. The number of carbonyl (C=O) groups excluding carboxylic acids is 1. The second-order valence-electron chi connectivity index (χ2n) is 9.52. The van der Waals surface area contributed by atoms with E-state index in [-0.39, 0.29) is 27.9 Å². The first-order valence-electron chi connectivity index (χ1n) is 12.7. The van der Waals surface area contributed by atoms with Crippen molar-refractivity contribution in [2.24, 2.45) is 0 Å². The Labute approximate surface area is 243 Å². The quantitative estimate of drug-likeness (QED) is 0.268. The topological polar surface area (TPSA) is 125 Å². The van der Waals surface area contributed by atoms with E-state index in [4.69, 9.17) is 4.74 Å². The summed E-state index contributed by atoms with van der Waals surface area (Å²) in [6.07, 6.45) is 1.25. The van der Waals surface area contributed by atoms with Crippen molar-refractivity contribution in [1.82, 2.24) is 4.31 Å². The van der Waals surface area contributed by atoms with Gasteiger partial charge in [0.15, 0.2) is 0 Å². The number of carbonyl (C=O) groups is 1. The van der Waals surface area contributed by atoms with Gasteiger partial charge in [-0.1, -0.05) is 0 Å². The third kappa shape index (κ3) is 5.55. The van der Waals surface area contributed by atoms with Gasteiger partial charge in [-0.15, -0.1) is 11.3 Å². The molecule has 1 aromatic heterocycles. The van der Waals surface area contributed by atoms with Crippen molar-refractivity contribution < 1.29 is 31.5 Å². The van der Waals surface area contributed by atoms with E-state index < -0.39 is 26.8 Å². The normalized spacial score (nSPS) is 14.2. The zero-order valence-electron chi connectivity index (χ0n) is 22.4. The molecule has 216 valence electrons.